The van der Waals surface area contributed by atoms with Crippen LogP contribution in [0.4, 0.5) is 0 Å². The molecule has 15 heavy (non-hydrogen) atoms. The van der Waals surface area contributed by atoms with Crippen molar-refractivity contribution in [1.82, 2.24) is 9.88 Å². The predicted molar refractivity (Wildman–Crippen MR) is 61.3 cm³/mol. The van der Waals surface area contributed by atoms with E-state index in [1.807, 2.05) is 12.4 Å². The van der Waals surface area contributed by atoms with Crippen LogP contribution < -0.4 is 5.73 Å². The summed E-state index contributed by atoms with van der Waals surface area (Å²) < 4.78 is 0. The molecule has 0 bridgehead atoms. The molecule has 2 N–H and O–H groups in total. The first-order chi connectivity index (χ1) is 7.08. The maximum atomic E-state index is 6.00. The maximum Gasteiger partial charge on any atom is 0.0271 e. The number of nitrogens with zero attached hydrogens (tertiary/aromatic N) is 2. The summed E-state index contributed by atoms with van der Waals surface area (Å²) in [7, 11) is 0. The van der Waals surface area contributed by atoms with Gasteiger partial charge in [-0.2, -0.15) is 0 Å². The molecule has 2 heterocycles. The molecule has 1 aromatic rings. The fourth-order valence-electron chi connectivity index (χ4n) is 2.35. The largest absolute Gasteiger partial charge is 0.326 e. The summed E-state index contributed by atoms with van der Waals surface area (Å²) in [5, 5.41) is 0. The second-order valence-electron chi connectivity index (χ2n) is 5.01. The molecule has 82 valence electrons. The Morgan fingerprint density at radius 3 is 2.67 bits per heavy atom. The van der Waals surface area contributed by atoms with E-state index in [1.54, 1.807) is 0 Å². The van der Waals surface area contributed by atoms with Crippen molar-refractivity contribution in [3.8, 4) is 0 Å². The Hall–Kier alpha value is -0.930. The van der Waals surface area contributed by atoms with E-state index in [4.69, 9.17) is 5.73 Å². The quantitative estimate of drug-likeness (QED) is 0.793. The molecule has 1 aliphatic heterocycles. The summed E-state index contributed by atoms with van der Waals surface area (Å²) in [6, 6.07) is 4.46. The van der Waals surface area contributed by atoms with E-state index < -0.39 is 0 Å². The van der Waals surface area contributed by atoms with Gasteiger partial charge in [-0.1, -0.05) is 0 Å². The van der Waals surface area contributed by atoms with Crippen molar-refractivity contribution in [3.63, 3.8) is 0 Å². The third kappa shape index (κ3) is 2.36. The Morgan fingerprint density at radius 1 is 1.47 bits per heavy atom. The van der Waals surface area contributed by atoms with Gasteiger partial charge in [-0.15, -0.1) is 0 Å². The molecule has 0 saturated carbocycles. The Morgan fingerprint density at radius 2 is 2.13 bits per heavy atom. The molecular formula is C12H19N3. The monoisotopic (exact) mass is 205 g/mol. The van der Waals surface area contributed by atoms with Crippen LogP contribution >= 0.6 is 0 Å². The predicted octanol–water partition coefficient (Wildman–Crippen LogP) is 1.39. The van der Waals surface area contributed by atoms with Crippen molar-refractivity contribution in [2.24, 2.45) is 5.73 Å². The Balaban J connectivity index is 2.07. The highest BCUT2D eigenvalue weighted by molar-refractivity contribution is 5.11. The van der Waals surface area contributed by atoms with E-state index in [0.29, 0.717) is 6.04 Å². The normalized spacial score (nSPS) is 25.7. The maximum absolute atomic E-state index is 6.00. The van der Waals surface area contributed by atoms with Crippen molar-refractivity contribution >= 4 is 0 Å². The molecular weight excluding hydrogens is 186 g/mol. The highest BCUT2D eigenvalue weighted by Crippen LogP contribution is 2.28. The van der Waals surface area contributed by atoms with Gasteiger partial charge < -0.3 is 5.73 Å². The molecule has 0 radical (unpaired) electrons. The van der Waals surface area contributed by atoms with Crippen LogP contribution in [0, 0.1) is 0 Å². The Labute approximate surface area is 91.3 Å². The molecule has 0 spiro atoms. The lowest BCUT2D eigenvalue weighted by atomic mass is 10.0. The van der Waals surface area contributed by atoms with Crippen LogP contribution in [-0.4, -0.2) is 28.0 Å². The van der Waals surface area contributed by atoms with Gasteiger partial charge in [-0.25, -0.2) is 0 Å². The first-order valence-corrected chi connectivity index (χ1v) is 5.47. The molecule has 0 amide bonds. The average Bonchev–Trinajstić information content (AvgIpc) is 2.41. The summed E-state index contributed by atoms with van der Waals surface area (Å²) in [5.74, 6) is 0. The topological polar surface area (TPSA) is 42.1 Å². The number of hydrogen-bond donors (Lipinski definition) is 1. The van der Waals surface area contributed by atoms with Gasteiger partial charge in [0.15, 0.2) is 0 Å². The molecule has 0 aliphatic carbocycles. The van der Waals surface area contributed by atoms with Gasteiger partial charge in [-0.3, -0.25) is 9.88 Å². The summed E-state index contributed by atoms with van der Waals surface area (Å²) in [5.41, 5.74) is 7.54. The van der Waals surface area contributed by atoms with Gasteiger partial charge >= 0.3 is 0 Å². The molecule has 1 fully saturated rings. The third-order valence-electron chi connectivity index (χ3n) is 3.20. The van der Waals surface area contributed by atoms with Gasteiger partial charge in [0, 0.05) is 37.1 Å². The number of aromatic nitrogens is 1. The smallest absolute Gasteiger partial charge is 0.0271 e. The summed E-state index contributed by atoms with van der Waals surface area (Å²) in [4.78, 5) is 6.48. The zero-order valence-electron chi connectivity index (χ0n) is 9.48. The molecule has 2 rings (SSSR count). The fraction of sp³-hybridized carbons (Fsp3) is 0.583. The average molecular weight is 205 g/mol. The lowest BCUT2D eigenvalue weighted by Gasteiger charge is -2.31. The van der Waals surface area contributed by atoms with Crippen LogP contribution in [0.15, 0.2) is 24.5 Å². The second-order valence-corrected chi connectivity index (χ2v) is 5.01. The van der Waals surface area contributed by atoms with Gasteiger partial charge in [0.05, 0.1) is 0 Å². The molecule has 1 aliphatic rings. The van der Waals surface area contributed by atoms with Crippen LogP contribution in [0.25, 0.3) is 0 Å². The van der Waals surface area contributed by atoms with Crippen LogP contribution in [0.5, 0.6) is 0 Å². The minimum atomic E-state index is 0.225. The van der Waals surface area contributed by atoms with Gasteiger partial charge in [-0.05, 0) is 38.0 Å². The fourth-order valence-corrected chi connectivity index (χ4v) is 2.35. The van der Waals surface area contributed by atoms with E-state index in [9.17, 15) is 0 Å². The van der Waals surface area contributed by atoms with Crippen molar-refractivity contribution in [3.05, 3.63) is 30.1 Å². The van der Waals surface area contributed by atoms with Crippen molar-refractivity contribution in [1.29, 1.82) is 0 Å². The Bertz CT molecular complexity index is 321. The van der Waals surface area contributed by atoms with E-state index in [-0.39, 0.29) is 5.54 Å². The van der Waals surface area contributed by atoms with Crippen LogP contribution in [0.1, 0.15) is 25.8 Å². The van der Waals surface area contributed by atoms with Crippen LogP contribution in [0.3, 0.4) is 0 Å². The minimum Gasteiger partial charge on any atom is -0.326 e. The molecule has 3 heteroatoms. The SMILES string of the molecule is CC1(C)CC(N)CN1Cc1ccncc1. The second kappa shape index (κ2) is 3.91. The summed E-state index contributed by atoms with van der Waals surface area (Å²) >= 11 is 0. The first-order valence-electron chi connectivity index (χ1n) is 5.47. The molecule has 1 unspecified atom stereocenters. The van der Waals surface area contributed by atoms with Crippen molar-refractivity contribution < 1.29 is 0 Å². The van der Waals surface area contributed by atoms with E-state index in [1.165, 1.54) is 5.56 Å². The minimum absolute atomic E-state index is 0.225. The van der Waals surface area contributed by atoms with Crippen molar-refractivity contribution in [2.45, 2.75) is 38.4 Å². The summed E-state index contributed by atoms with van der Waals surface area (Å²) in [6.45, 7) is 6.50. The van der Waals surface area contributed by atoms with Gasteiger partial charge in [0.2, 0.25) is 0 Å². The highest BCUT2D eigenvalue weighted by atomic mass is 15.2. The molecule has 1 saturated heterocycles. The molecule has 1 atom stereocenters. The lowest BCUT2D eigenvalue weighted by molar-refractivity contribution is 0.166. The molecule has 0 aromatic carbocycles. The zero-order chi connectivity index (χ0) is 10.9. The number of pyridine rings is 1. The number of nitrogens with two attached hydrogens (primary N) is 1. The van der Waals surface area contributed by atoms with Gasteiger partial charge in [0.1, 0.15) is 0 Å². The molecule has 1 aromatic heterocycles. The number of hydrogen-bond acceptors (Lipinski definition) is 3. The van der Waals surface area contributed by atoms with E-state index in [0.717, 1.165) is 19.5 Å². The van der Waals surface area contributed by atoms with E-state index in [2.05, 4.69) is 35.9 Å². The third-order valence-corrected chi connectivity index (χ3v) is 3.20. The van der Waals surface area contributed by atoms with E-state index >= 15 is 0 Å². The lowest BCUT2D eigenvalue weighted by Crippen LogP contribution is -2.37. The Kier molecular flexibility index (Phi) is 2.76. The molecule has 3 nitrogen and oxygen atoms in total. The number of likely N-dealkylation sites (tertiary alicyclic amines) is 1. The zero-order valence-corrected chi connectivity index (χ0v) is 9.48. The van der Waals surface area contributed by atoms with Gasteiger partial charge in [0.25, 0.3) is 0 Å². The highest BCUT2D eigenvalue weighted by Gasteiger charge is 2.36. The number of rotatable bonds is 2. The summed E-state index contributed by atoms with van der Waals surface area (Å²) in [6.07, 6.45) is 4.77. The van der Waals surface area contributed by atoms with Crippen LogP contribution in [0.2, 0.25) is 0 Å². The first kappa shape index (κ1) is 10.6. The van der Waals surface area contributed by atoms with Crippen LogP contribution in [-0.2, 0) is 6.54 Å². The van der Waals surface area contributed by atoms with Crippen molar-refractivity contribution in [2.75, 3.05) is 6.54 Å². The standard InChI is InChI=1S/C12H19N3/c1-12(2)7-11(13)9-15(12)8-10-3-5-14-6-4-10/h3-6,11H,7-9,13H2,1-2H3.